The molecule has 1 fully saturated rings. The summed E-state index contributed by atoms with van der Waals surface area (Å²) in [6.45, 7) is 4.16. The Morgan fingerprint density at radius 3 is 2.62 bits per heavy atom. The Balaban J connectivity index is 1.52. The van der Waals surface area contributed by atoms with Gasteiger partial charge in [0.25, 0.3) is 0 Å². The van der Waals surface area contributed by atoms with Crippen molar-refractivity contribution in [2.24, 2.45) is 0 Å². The standard InChI is InChI=1S/C25H29ClN4O3S/c1-3-4-11-29-20(15-18-14-19(26)5-6-22(18)29)17-30-23-16-27-10-7-21(23)25(24(30)31)8-12-28(13-9-25)34(2,32)33/h5-7,10,14-16H,3-4,8-9,11-13,17H2,1-2H3. The van der Waals surface area contributed by atoms with Crippen molar-refractivity contribution >= 4 is 44.1 Å². The molecule has 9 heteroatoms. The van der Waals surface area contributed by atoms with Crippen LogP contribution in [0.15, 0.2) is 42.7 Å². The molecule has 7 nitrogen and oxygen atoms in total. The van der Waals surface area contributed by atoms with Crippen LogP contribution in [0.4, 0.5) is 5.69 Å². The fourth-order valence-electron chi connectivity index (χ4n) is 5.50. The van der Waals surface area contributed by atoms with Crippen molar-refractivity contribution in [2.45, 2.75) is 51.1 Å². The van der Waals surface area contributed by atoms with E-state index in [1.165, 1.54) is 10.6 Å². The molecule has 0 saturated carbocycles. The summed E-state index contributed by atoms with van der Waals surface area (Å²) in [6.07, 6.45) is 7.77. The Morgan fingerprint density at radius 1 is 1.15 bits per heavy atom. The molecule has 1 spiro atoms. The number of carbonyl (C=O) groups is 1. The molecule has 180 valence electrons. The fraction of sp³-hybridized carbons (Fsp3) is 0.440. The molecule has 34 heavy (non-hydrogen) atoms. The van der Waals surface area contributed by atoms with Gasteiger partial charge in [-0.05, 0) is 55.2 Å². The number of pyridine rings is 1. The number of amides is 1. The van der Waals surface area contributed by atoms with E-state index in [1.54, 1.807) is 12.4 Å². The van der Waals surface area contributed by atoms with Crippen LogP contribution >= 0.6 is 11.6 Å². The van der Waals surface area contributed by atoms with Gasteiger partial charge in [0.15, 0.2) is 0 Å². The van der Waals surface area contributed by atoms with E-state index in [0.29, 0.717) is 37.5 Å². The molecule has 0 radical (unpaired) electrons. The van der Waals surface area contributed by atoms with E-state index in [9.17, 15) is 13.2 Å². The number of hydrogen-bond acceptors (Lipinski definition) is 4. The van der Waals surface area contributed by atoms with E-state index in [4.69, 9.17) is 11.6 Å². The molecule has 2 aliphatic heterocycles. The molecule has 0 N–H and O–H groups in total. The van der Waals surface area contributed by atoms with E-state index in [2.05, 4.69) is 22.5 Å². The van der Waals surface area contributed by atoms with Crippen molar-refractivity contribution in [3.8, 4) is 0 Å². The average molecular weight is 501 g/mol. The molecule has 3 aromatic rings. The lowest BCUT2D eigenvalue weighted by Crippen LogP contribution is -2.49. The van der Waals surface area contributed by atoms with Crippen molar-refractivity contribution in [1.29, 1.82) is 0 Å². The third-order valence-corrected chi connectivity index (χ3v) is 8.85. The number of hydrogen-bond donors (Lipinski definition) is 0. The van der Waals surface area contributed by atoms with Gasteiger partial charge in [0.05, 0.1) is 30.1 Å². The SMILES string of the molecule is CCCCn1c(CN2C(=O)C3(CCN(S(C)(=O)=O)CC3)c3ccncc32)cc2cc(Cl)ccc21. The molecule has 1 aromatic carbocycles. The first-order valence-electron chi connectivity index (χ1n) is 11.7. The second kappa shape index (κ2) is 8.66. The van der Waals surface area contributed by atoms with Crippen molar-refractivity contribution in [1.82, 2.24) is 13.9 Å². The number of benzene rings is 1. The topological polar surface area (TPSA) is 75.5 Å². The number of unbranched alkanes of at least 4 members (excludes halogenated alkanes) is 1. The zero-order chi connectivity index (χ0) is 24.1. The van der Waals surface area contributed by atoms with Crippen LogP contribution in [0.3, 0.4) is 0 Å². The van der Waals surface area contributed by atoms with Gasteiger partial charge in [-0.25, -0.2) is 12.7 Å². The third-order valence-electron chi connectivity index (χ3n) is 7.31. The maximum atomic E-state index is 14.0. The van der Waals surface area contributed by atoms with Gasteiger partial charge < -0.3 is 9.47 Å². The number of nitrogens with zero attached hydrogens (tertiary/aromatic N) is 4. The molecular formula is C25H29ClN4O3S. The smallest absolute Gasteiger partial charge is 0.238 e. The van der Waals surface area contributed by atoms with Crippen molar-refractivity contribution in [3.63, 3.8) is 0 Å². The quantitative estimate of drug-likeness (QED) is 0.505. The first-order valence-corrected chi connectivity index (χ1v) is 14.0. The molecule has 0 unspecified atom stereocenters. The Morgan fingerprint density at radius 2 is 1.91 bits per heavy atom. The lowest BCUT2D eigenvalue weighted by atomic mass is 9.74. The zero-order valence-electron chi connectivity index (χ0n) is 19.5. The Kier molecular flexibility index (Phi) is 5.94. The van der Waals surface area contributed by atoms with Crippen LogP contribution in [0.5, 0.6) is 0 Å². The molecule has 5 rings (SSSR count). The number of fused-ring (bicyclic) bond motifs is 3. The summed E-state index contributed by atoms with van der Waals surface area (Å²) >= 11 is 6.26. The van der Waals surface area contributed by atoms with E-state index < -0.39 is 15.4 Å². The molecule has 2 aliphatic rings. The highest BCUT2D eigenvalue weighted by Gasteiger charge is 2.52. The van der Waals surface area contributed by atoms with Crippen LogP contribution in [0, 0.1) is 0 Å². The summed E-state index contributed by atoms with van der Waals surface area (Å²) in [5.41, 5.74) is 3.25. The second-order valence-corrected chi connectivity index (χ2v) is 11.8. The van der Waals surface area contributed by atoms with Crippen molar-refractivity contribution in [2.75, 3.05) is 24.2 Å². The van der Waals surface area contributed by atoms with Gasteiger partial charge in [-0.2, -0.15) is 0 Å². The minimum Gasteiger partial charge on any atom is -0.343 e. The number of anilines is 1. The minimum absolute atomic E-state index is 0.0361. The van der Waals surface area contributed by atoms with Gasteiger partial charge in [0, 0.05) is 47.5 Å². The Labute approximate surface area is 205 Å². The highest BCUT2D eigenvalue weighted by Crippen LogP contribution is 2.48. The van der Waals surface area contributed by atoms with Crippen LogP contribution in [0.25, 0.3) is 10.9 Å². The molecular weight excluding hydrogens is 472 g/mol. The fourth-order valence-corrected chi connectivity index (χ4v) is 6.53. The number of rotatable bonds is 6. The summed E-state index contributed by atoms with van der Waals surface area (Å²) in [7, 11) is -3.28. The number of halogens is 1. The molecule has 1 saturated heterocycles. The summed E-state index contributed by atoms with van der Waals surface area (Å²) in [5, 5.41) is 1.75. The number of sulfonamides is 1. The average Bonchev–Trinajstić information content (AvgIpc) is 3.25. The minimum atomic E-state index is -3.28. The molecule has 0 aliphatic carbocycles. The number of aromatic nitrogens is 2. The van der Waals surface area contributed by atoms with E-state index >= 15 is 0 Å². The highest BCUT2D eigenvalue weighted by molar-refractivity contribution is 7.88. The van der Waals surface area contributed by atoms with Crippen LogP contribution in [0.1, 0.15) is 43.9 Å². The van der Waals surface area contributed by atoms with Crippen LogP contribution < -0.4 is 4.90 Å². The molecule has 4 heterocycles. The lowest BCUT2D eigenvalue weighted by molar-refractivity contribution is -0.124. The van der Waals surface area contributed by atoms with E-state index in [1.807, 2.05) is 29.2 Å². The predicted molar refractivity (Wildman–Crippen MR) is 135 cm³/mol. The Hall–Kier alpha value is -2.42. The van der Waals surface area contributed by atoms with E-state index in [0.717, 1.165) is 47.2 Å². The molecule has 2 aromatic heterocycles. The molecule has 1 amide bonds. The van der Waals surface area contributed by atoms with Crippen LogP contribution in [0.2, 0.25) is 5.02 Å². The third kappa shape index (κ3) is 3.82. The van der Waals surface area contributed by atoms with Gasteiger partial charge in [-0.15, -0.1) is 0 Å². The van der Waals surface area contributed by atoms with Gasteiger partial charge in [0.2, 0.25) is 15.9 Å². The molecule has 0 bridgehead atoms. The normalized spacial score (nSPS) is 18.2. The summed E-state index contributed by atoms with van der Waals surface area (Å²) in [4.78, 5) is 20.2. The van der Waals surface area contributed by atoms with Crippen LogP contribution in [-0.2, 0) is 33.3 Å². The summed E-state index contributed by atoms with van der Waals surface area (Å²) < 4.78 is 27.9. The van der Waals surface area contributed by atoms with Gasteiger partial charge >= 0.3 is 0 Å². The Bertz CT molecular complexity index is 1360. The largest absolute Gasteiger partial charge is 0.343 e. The first-order chi connectivity index (χ1) is 16.2. The summed E-state index contributed by atoms with van der Waals surface area (Å²) in [5.74, 6) is 0.0361. The summed E-state index contributed by atoms with van der Waals surface area (Å²) in [6, 6.07) is 9.96. The van der Waals surface area contributed by atoms with Crippen LogP contribution in [-0.4, -0.2) is 47.5 Å². The maximum absolute atomic E-state index is 14.0. The number of carbonyl (C=O) groups excluding carboxylic acids is 1. The first kappa shape index (κ1) is 23.3. The highest BCUT2D eigenvalue weighted by atomic mass is 35.5. The maximum Gasteiger partial charge on any atom is 0.238 e. The predicted octanol–water partition coefficient (Wildman–Crippen LogP) is 4.33. The number of aryl methyl sites for hydroxylation is 1. The van der Waals surface area contributed by atoms with Gasteiger partial charge in [0.1, 0.15) is 0 Å². The molecule has 0 atom stereocenters. The van der Waals surface area contributed by atoms with Gasteiger partial charge in [-0.1, -0.05) is 24.9 Å². The second-order valence-electron chi connectivity index (χ2n) is 9.37. The van der Waals surface area contributed by atoms with Crippen molar-refractivity contribution < 1.29 is 13.2 Å². The zero-order valence-corrected chi connectivity index (χ0v) is 21.1. The lowest BCUT2D eigenvalue weighted by Gasteiger charge is -2.37. The monoisotopic (exact) mass is 500 g/mol. The van der Waals surface area contributed by atoms with E-state index in [-0.39, 0.29) is 5.91 Å². The van der Waals surface area contributed by atoms with Gasteiger partial charge in [-0.3, -0.25) is 9.78 Å². The number of piperidine rings is 1. The van der Waals surface area contributed by atoms with Crippen molar-refractivity contribution in [3.05, 3.63) is 59.0 Å².